The zero-order chi connectivity index (χ0) is 19.9. The summed E-state index contributed by atoms with van der Waals surface area (Å²) in [4.78, 5) is 25.7. The molecule has 0 fully saturated rings. The van der Waals surface area contributed by atoms with E-state index >= 15 is 0 Å². The normalized spacial score (nSPS) is 11.6. The van der Waals surface area contributed by atoms with E-state index in [2.05, 4.69) is 10.6 Å². The topological polar surface area (TPSA) is 71.3 Å². The van der Waals surface area contributed by atoms with Gasteiger partial charge in [0, 0.05) is 16.3 Å². The van der Waals surface area contributed by atoms with E-state index in [0.717, 1.165) is 16.1 Å². The lowest BCUT2D eigenvalue weighted by atomic mass is 10.2. The minimum absolute atomic E-state index is 0.0388. The van der Waals surface area contributed by atoms with Crippen LogP contribution in [-0.4, -0.2) is 17.1 Å². The molecule has 1 unspecified atom stereocenters. The molecule has 0 aliphatic heterocycles. The second-order valence-corrected chi connectivity index (χ2v) is 7.61. The van der Waals surface area contributed by atoms with Crippen LogP contribution in [0.4, 0.5) is 11.4 Å². The van der Waals surface area contributed by atoms with E-state index < -0.39 is 0 Å². The van der Waals surface area contributed by atoms with Gasteiger partial charge in [-0.25, -0.2) is 0 Å². The van der Waals surface area contributed by atoms with E-state index in [1.54, 1.807) is 18.2 Å². The Morgan fingerprint density at radius 3 is 2.43 bits per heavy atom. The molecule has 2 N–H and O–H groups in total. The fraction of sp³-hybridized carbons (Fsp3) is 0.182. The fourth-order valence-electron chi connectivity index (χ4n) is 2.68. The third-order valence-corrected chi connectivity index (χ3v) is 5.42. The Morgan fingerprint density at radius 2 is 1.75 bits per heavy atom. The Bertz CT molecular complexity index is 954. The van der Waals surface area contributed by atoms with E-state index in [-0.39, 0.29) is 22.8 Å². The summed E-state index contributed by atoms with van der Waals surface area (Å²) in [6.07, 6.45) is 2.14. The van der Waals surface area contributed by atoms with Gasteiger partial charge in [0.25, 0.3) is 5.91 Å². The van der Waals surface area contributed by atoms with Crippen molar-refractivity contribution in [2.75, 3.05) is 10.6 Å². The number of carbonyl (C=O) groups excluding carboxylic acids is 2. The number of carbonyl (C=O) groups is 2. The second-order valence-electron chi connectivity index (χ2n) is 6.33. The predicted octanol–water partition coefficient (Wildman–Crippen LogP) is 5.35. The van der Waals surface area contributed by atoms with Crippen LogP contribution in [-0.2, 0) is 4.79 Å². The fourth-order valence-corrected chi connectivity index (χ4v) is 3.69. The number of hydrogen-bond acceptors (Lipinski definition) is 4. The molecule has 1 aromatic heterocycles. The number of aryl methyl sites for hydroxylation is 1. The Hall–Kier alpha value is -2.99. The van der Waals surface area contributed by atoms with Crippen molar-refractivity contribution in [3.63, 3.8) is 0 Å². The molecule has 6 heteroatoms. The molecule has 3 rings (SSSR count). The molecule has 1 heterocycles. The minimum Gasteiger partial charge on any atom is -0.459 e. The first-order valence-corrected chi connectivity index (χ1v) is 9.92. The third-order valence-electron chi connectivity index (χ3n) is 4.06. The summed E-state index contributed by atoms with van der Waals surface area (Å²) in [6.45, 7) is 3.97. The average Bonchev–Trinajstić information content (AvgIpc) is 3.21. The molecule has 144 valence electrons. The van der Waals surface area contributed by atoms with Gasteiger partial charge in [-0.15, -0.1) is 11.8 Å². The van der Waals surface area contributed by atoms with Crippen molar-refractivity contribution in [1.29, 1.82) is 0 Å². The third kappa shape index (κ3) is 5.27. The summed E-state index contributed by atoms with van der Waals surface area (Å²) in [5, 5.41) is 5.54. The molecule has 0 aliphatic rings. The molecular formula is C22H22N2O3S. The van der Waals surface area contributed by atoms with Crippen molar-refractivity contribution < 1.29 is 14.0 Å². The van der Waals surface area contributed by atoms with Gasteiger partial charge >= 0.3 is 0 Å². The van der Waals surface area contributed by atoms with Crippen molar-refractivity contribution in [3.8, 4) is 0 Å². The van der Waals surface area contributed by atoms with Crippen LogP contribution in [0.2, 0.25) is 0 Å². The van der Waals surface area contributed by atoms with Gasteiger partial charge in [-0.1, -0.05) is 25.1 Å². The van der Waals surface area contributed by atoms with Gasteiger partial charge < -0.3 is 15.1 Å². The largest absolute Gasteiger partial charge is 0.459 e. The van der Waals surface area contributed by atoms with E-state index in [1.165, 1.54) is 18.0 Å². The van der Waals surface area contributed by atoms with Crippen LogP contribution in [0.25, 0.3) is 0 Å². The molecule has 0 saturated carbocycles. The summed E-state index contributed by atoms with van der Waals surface area (Å²) in [6, 6.07) is 18.5. The molecule has 0 spiro atoms. The van der Waals surface area contributed by atoms with Gasteiger partial charge in [0.1, 0.15) is 0 Å². The highest BCUT2D eigenvalue weighted by Crippen LogP contribution is 2.29. The number of nitrogens with one attached hydrogen (secondary N) is 2. The van der Waals surface area contributed by atoms with Crippen LogP contribution in [0.1, 0.15) is 29.5 Å². The SMILES string of the molecule is CCC(Sc1cccc(NC(=O)c2ccco2)c1)C(=O)Nc1cccc(C)c1. The summed E-state index contributed by atoms with van der Waals surface area (Å²) >= 11 is 1.47. The number of rotatable bonds is 7. The molecule has 0 bridgehead atoms. The van der Waals surface area contributed by atoms with Gasteiger partial charge in [0.05, 0.1) is 11.5 Å². The Kier molecular flexibility index (Phi) is 6.55. The number of amides is 2. The summed E-state index contributed by atoms with van der Waals surface area (Å²) < 4.78 is 5.11. The van der Waals surface area contributed by atoms with E-state index in [4.69, 9.17) is 4.42 Å². The van der Waals surface area contributed by atoms with Crippen molar-refractivity contribution in [2.24, 2.45) is 0 Å². The first-order chi connectivity index (χ1) is 13.5. The molecule has 5 nitrogen and oxygen atoms in total. The molecular weight excluding hydrogens is 372 g/mol. The van der Waals surface area contributed by atoms with Crippen LogP contribution in [0.15, 0.2) is 76.2 Å². The summed E-state index contributed by atoms with van der Waals surface area (Å²) in [5.74, 6) is -0.0958. The zero-order valence-corrected chi connectivity index (χ0v) is 16.6. The Balaban J connectivity index is 1.65. The van der Waals surface area contributed by atoms with Crippen molar-refractivity contribution in [2.45, 2.75) is 30.4 Å². The molecule has 28 heavy (non-hydrogen) atoms. The molecule has 0 saturated heterocycles. The Labute approximate surface area is 168 Å². The number of anilines is 2. The monoisotopic (exact) mass is 394 g/mol. The van der Waals surface area contributed by atoms with Gasteiger partial charge in [-0.3, -0.25) is 9.59 Å². The van der Waals surface area contributed by atoms with Crippen LogP contribution in [0.3, 0.4) is 0 Å². The van der Waals surface area contributed by atoms with Crippen LogP contribution < -0.4 is 10.6 Å². The number of thioether (sulfide) groups is 1. The van der Waals surface area contributed by atoms with E-state index in [0.29, 0.717) is 12.1 Å². The second kappa shape index (κ2) is 9.28. The van der Waals surface area contributed by atoms with Gasteiger partial charge in [-0.2, -0.15) is 0 Å². The van der Waals surface area contributed by atoms with Crippen LogP contribution in [0, 0.1) is 6.92 Å². The van der Waals surface area contributed by atoms with E-state index in [1.807, 2.05) is 56.3 Å². The highest BCUT2D eigenvalue weighted by Gasteiger charge is 2.18. The number of benzene rings is 2. The standard InChI is InChI=1S/C22H22N2O3S/c1-3-20(22(26)24-16-8-4-7-15(2)13-16)28-18-10-5-9-17(14-18)23-21(25)19-11-6-12-27-19/h4-14,20H,3H2,1-2H3,(H,23,25)(H,24,26). The Morgan fingerprint density at radius 1 is 1.00 bits per heavy atom. The van der Waals surface area contributed by atoms with Crippen LogP contribution in [0.5, 0.6) is 0 Å². The minimum atomic E-state index is -0.309. The van der Waals surface area contributed by atoms with Gasteiger partial charge in [-0.05, 0) is 61.4 Å². The lowest BCUT2D eigenvalue weighted by Gasteiger charge is -2.15. The highest BCUT2D eigenvalue weighted by atomic mass is 32.2. The molecule has 0 aliphatic carbocycles. The van der Waals surface area contributed by atoms with E-state index in [9.17, 15) is 9.59 Å². The van der Waals surface area contributed by atoms with Gasteiger partial charge in [0.15, 0.2) is 5.76 Å². The lowest BCUT2D eigenvalue weighted by Crippen LogP contribution is -2.24. The van der Waals surface area contributed by atoms with Crippen LogP contribution >= 0.6 is 11.8 Å². The average molecular weight is 394 g/mol. The smallest absolute Gasteiger partial charge is 0.291 e. The lowest BCUT2D eigenvalue weighted by molar-refractivity contribution is -0.115. The highest BCUT2D eigenvalue weighted by molar-refractivity contribution is 8.00. The number of hydrogen-bond donors (Lipinski definition) is 2. The maximum Gasteiger partial charge on any atom is 0.291 e. The number of furan rings is 1. The van der Waals surface area contributed by atoms with Crippen molar-refractivity contribution >= 4 is 35.0 Å². The molecule has 0 radical (unpaired) electrons. The van der Waals surface area contributed by atoms with Crippen molar-refractivity contribution in [3.05, 3.63) is 78.3 Å². The zero-order valence-electron chi connectivity index (χ0n) is 15.8. The maximum atomic E-state index is 12.7. The molecule has 1 atom stereocenters. The first-order valence-electron chi connectivity index (χ1n) is 9.04. The predicted molar refractivity (Wildman–Crippen MR) is 113 cm³/mol. The summed E-state index contributed by atoms with van der Waals surface area (Å²) in [7, 11) is 0. The first kappa shape index (κ1) is 19.8. The van der Waals surface area contributed by atoms with Crippen molar-refractivity contribution in [1.82, 2.24) is 0 Å². The maximum absolute atomic E-state index is 12.7. The molecule has 3 aromatic rings. The molecule has 2 amide bonds. The quantitative estimate of drug-likeness (QED) is 0.530. The molecule has 2 aromatic carbocycles. The summed E-state index contributed by atoms with van der Waals surface area (Å²) in [5.41, 5.74) is 2.54. The van der Waals surface area contributed by atoms with Gasteiger partial charge in [0.2, 0.25) is 5.91 Å².